The van der Waals surface area contributed by atoms with Crippen molar-refractivity contribution in [3.63, 3.8) is 0 Å². The largest absolute Gasteiger partial charge is 0.352 e. The molecule has 0 spiro atoms. The first-order chi connectivity index (χ1) is 11.2. The number of hydrogen-bond donors (Lipinski definition) is 2. The van der Waals surface area contributed by atoms with Crippen molar-refractivity contribution in [1.82, 2.24) is 10.3 Å². The van der Waals surface area contributed by atoms with E-state index in [2.05, 4.69) is 22.4 Å². The van der Waals surface area contributed by atoms with Crippen LogP contribution in [-0.4, -0.2) is 17.4 Å². The molecule has 0 radical (unpaired) electrons. The first-order valence-corrected chi connectivity index (χ1v) is 7.68. The maximum atomic E-state index is 12.4. The maximum Gasteiger partial charge on any atom is 0.252 e. The van der Waals surface area contributed by atoms with Crippen molar-refractivity contribution in [2.24, 2.45) is 0 Å². The number of carbonyl (C=O) groups is 1. The van der Waals surface area contributed by atoms with Crippen LogP contribution < -0.4 is 10.9 Å². The second-order valence-electron chi connectivity index (χ2n) is 5.44. The van der Waals surface area contributed by atoms with Gasteiger partial charge in [-0.05, 0) is 24.5 Å². The van der Waals surface area contributed by atoms with Crippen molar-refractivity contribution < 1.29 is 4.79 Å². The summed E-state index contributed by atoms with van der Waals surface area (Å²) in [6, 6.07) is 18.8. The van der Waals surface area contributed by atoms with Crippen LogP contribution in [0, 0.1) is 0 Å². The third-order valence-electron chi connectivity index (χ3n) is 3.77. The van der Waals surface area contributed by atoms with Crippen molar-refractivity contribution in [2.45, 2.75) is 12.8 Å². The van der Waals surface area contributed by atoms with Crippen molar-refractivity contribution >= 4 is 16.8 Å². The Hall–Kier alpha value is -2.88. The zero-order valence-electron chi connectivity index (χ0n) is 12.7. The van der Waals surface area contributed by atoms with Crippen LogP contribution in [0.2, 0.25) is 0 Å². The fourth-order valence-corrected chi connectivity index (χ4v) is 2.63. The number of para-hydroxylation sites is 1. The van der Waals surface area contributed by atoms with Crippen LogP contribution in [0.25, 0.3) is 10.9 Å². The molecular weight excluding hydrogens is 288 g/mol. The minimum Gasteiger partial charge on any atom is -0.352 e. The Kier molecular flexibility index (Phi) is 4.52. The Morgan fingerprint density at radius 2 is 1.74 bits per heavy atom. The monoisotopic (exact) mass is 306 g/mol. The molecule has 1 heterocycles. The molecule has 4 heteroatoms. The van der Waals surface area contributed by atoms with Gasteiger partial charge in [-0.25, -0.2) is 0 Å². The zero-order chi connectivity index (χ0) is 16.1. The number of hydrogen-bond acceptors (Lipinski definition) is 2. The average Bonchev–Trinajstić information content (AvgIpc) is 2.58. The smallest absolute Gasteiger partial charge is 0.252 e. The van der Waals surface area contributed by atoms with Crippen LogP contribution in [0.3, 0.4) is 0 Å². The molecule has 0 aliphatic carbocycles. The van der Waals surface area contributed by atoms with Gasteiger partial charge in [-0.2, -0.15) is 0 Å². The molecule has 2 aromatic carbocycles. The molecule has 3 rings (SSSR count). The van der Waals surface area contributed by atoms with Crippen LogP contribution in [0.4, 0.5) is 0 Å². The number of H-pyrrole nitrogens is 1. The van der Waals surface area contributed by atoms with Gasteiger partial charge in [-0.15, -0.1) is 0 Å². The summed E-state index contributed by atoms with van der Waals surface area (Å²) in [5, 5.41) is 3.65. The van der Waals surface area contributed by atoms with Crippen LogP contribution in [-0.2, 0) is 6.42 Å². The van der Waals surface area contributed by atoms with Crippen molar-refractivity contribution in [2.75, 3.05) is 6.54 Å². The maximum absolute atomic E-state index is 12.4. The lowest BCUT2D eigenvalue weighted by Crippen LogP contribution is -2.26. The Morgan fingerprint density at radius 1 is 1.00 bits per heavy atom. The first-order valence-electron chi connectivity index (χ1n) is 7.68. The van der Waals surface area contributed by atoms with E-state index in [9.17, 15) is 9.59 Å². The number of nitrogens with one attached hydrogen (secondary N) is 2. The zero-order valence-corrected chi connectivity index (χ0v) is 12.7. The molecule has 0 unspecified atom stereocenters. The van der Waals surface area contributed by atoms with Gasteiger partial charge in [0.1, 0.15) is 0 Å². The number of pyridine rings is 1. The minimum absolute atomic E-state index is 0.208. The highest BCUT2D eigenvalue weighted by atomic mass is 16.2. The van der Waals surface area contributed by atoms with E-state index >= 15 is 0 Å². The predicted molar refractivity (Wildman–Crippen MR) is 91.7 cm³/mol. The van der Waals surface area contributed by atoms with E-state index in [1.165, 1.54) is 11.6 Å². The third-order valence-corrected chi connectivity index (χ3v) is 3.77. The molecule has 4 nitrogen and oxygen atoms in total. The topological polar surface area (TPSA) is 62.0 Å². The lowest BCUT2D eigenvalue weighted by Gasteiger charge is -2.08. The van der Waals surface area contributed by atoms with Gasteiger partial charge in [0.25, 0.3) is 5.91 Å². The molecule has 0 aliphatic heterocycles. The average molecular weight is 306 g/mol. The highest BCUT2D eigenvalue weighted by Gasteiger charge is 2.10. The molecule has 23 heavy (non-hydrogen) atoms. The molecule has 0 saturated heterocycles. The van der Waals surface area contributed by atoms with E-state index in [-0.39, 0.29) is 11.5 Å². The summed E-state index contributed by atoms with van der Waals surface area (Å²) in [5.41, 5.74) is 2.08. The minimum atomic E-state index is -0.266. The quantitative estimate of drug-likeness (QED) is 0.712. The number of amides is 1. The summed E-state index contributed by atoms with van der Waals surface area (Å²) < 4.78 is 0. The standard InChI is InChI=1S/C19H18N2O2/c22-18-13-16(15-10-4-5-11-17(15)21-18)19(23)20-12-6-9-14-7-2-1-3-8-14/h1-5,7-8,10-11,13H,6,9,12H2,(H,20,23)(H,21,22). The van der Waals surface area contributed by atoms with Crippen molar-refractivity contribution in [3.8, 4) is 0 Å². The molecule has 1 amide bonds. The van der Waals surface area contributed by atoms with Gasteiger partial charge >= 0.3 is 0 Å². The fraction of sp³-hybridized carbons (Fsp3) is 0.158. The molecule has 1 aromatic heterocycles. The second-order valence-corrected chi connectivity index (χ2v) is 5.44. The Bertz CT molecular complexity index is 869. The summed E-state index contributed by atoms with van der Waals surface area (Å²) in [7, 11) is 0. The number of aryl methyl sites for hydroxylation is 1. The van der Waals surface area contributed by atoms with Gasteiger partial charge in [-0.1, -0.05) is 48.5 Å². The summed E-state index contributed by atoms with van der Waals surface area (Å²) in [5.74, 6) is -0.208. The highest BCUT2D eigenvalue weighted by molar-refractivity contribution is 6.05. The fourth-order valence-electron chi connectivity index (χ4n) is 2.63. The van der Waals surface area contributed by atoms with Gasteiger partial charge in [0.15, 0.2) is 0 Å². The van der Waals surface area contributed by atoms with Crippen LogP contribution in [0.5, 0.6) is 0 Å². The molecule has 116 valence electrons. The molecular formula is C19H18N2O2. The van der Waals surface area contributed by atoms with Gasteiger partial charge in [0.05, 0.1) is 5.56 Å². The number of aromatic nitrogens is 1. The number of carbonyl (C=O) groups excluding carboxylic acids is 1. The summed E-state index contributed by atoms with van der Waals surface area (Å²) >= 11 is 0. The molecule has 0 saturated carbocycles. The van der Waals surface area contributed by atoms with E-state index < -0.39 is 0 Å². The molecule has 0 aliphatic rings. The van der Waals surface area contributed by atoms with Gasteiger partial charge in [0, 0.05) is 23.5 Å². The van der Waals surface area contributed by atoms with E-state index in [0.717, 1.165) is 18.2 Å². The van der Waals surface area contributed by atoms with Gasteiger partial charge in [0.2, 0.25) is 5.56 Å². The SMILES string of the molecule is O=C(NCCCc1ccccc1)c1cc(=O)[nH]c2ccccc12. The number of aromatic amines is 1. The van der Waals surface area contributed by atoms with Crippen molar-refractivity contribution in [3.05, 3.63) is 82.1 Å². The molecule has 0 atom stereocenters. The van der Waals surface area contributed by atoms with E-state index in [1.807, 2.05) is 36.4 Å². The van der Waals surface area contributed by atoms with Crippen molar-refractivity contribution in [1.29, 1.82) is 0 Å². The van der Waals surface area contributed by atoms with Gasteiger partial charge < -0.3 is 10.3 Å². The predicted octanol–water partition coefficient (Wildman–Crippen LogP) is 2.89. The van der Waals surface area contributed by atoms with E-state index in [0.29, 0.717) is 17.6 Å². The number of rotatable bonds is 5. The first kappa shape index (κ1) is 15.0. The molecule has 3 aromatic rings. The summed E-state index contributed by atoms with van der Waals surface area (Å²) in [6.45, 7) is 0.578. The van der Waals surface area contributed by atoms with Crippen LogP contribution >= 0.6 is 0 Å². The number of benzene rings is 2. The van der Waals surface area contributed by atoms with E-state index in [4.69, 9.17) is 0 Å². The Balaban J connectivity index is 1.66. The third kappa shape index (κ3) is 3.66. The van der Waals surface area contributed by atoms with Crippen LogP contribution in [0.15, 0.2) is 65.5 Å². The van der Waals surface area contributed by atoms with Crippen LogP contribution in [0.1, 0.15) is 22.3 Å². The lowest BCUT2D eigenvalue weighted by molar-refractivity contribution is 0.0954. The normalized spacial score (nSPS) is 10.6. The molecule has 0 fully saturated rings. The van der Waals surface area contributed by atoms with E-state index in [1.54, 1.807) is 6.07 Å². The second kappa shape index (κ2) is 6.92. The summed E-state index contributed by atoms with van der Waals surface area (Å²) in [4.78, 5) is 26.8. The Morgan fingerprint density at radius 3 is 2.57 bits per heavy atom. The molecule has 0 bridgehead atoms. The molecule has 2 N–H and O–H groups in total. The lowest BCUT2D eigenvalue weighted by atomic mass is 10.1. The number of fused-ring (bicyclic) bond motifs is 1. The Labute approximate surface area is 134 Å². The van der Waals surface area contributed by atoms with Gasteiger partial charge in [-0.3, -0.25) is 9.59 Å². The highest BCUT2D eigenvalue weighted by Crippen LogP contribution is 2.14. The summed E-state index contributed by atoms with van der Waals surface area (Å²) in [6.07, 6.45) is 1.77.